The fraction of sp³-hybridized carbons (Fsp3) is 0.231. The number of carbonyl (C=O) groups excluding carboxylic acids is 3. The van der Waals surface area contributed by atoms with Crippen LogP contribution in [0.5, 0.6) is 0 Å². The van der Waals surface area contributed by atoms with E-state index in [9.17, 15) is 18.8 Å². The summed E-state index contributed by atoms with van der Waals surface area (Å²) in [5.74, 6) is -1.20. The van der Waals surface area contributed by atoms with Gasteiger partial charge < -0.3 is 9.80 Å². The molecule has 178 valence electrons. The third kappa shape index (κ3) is 4.49. The first-order valence-corrected chi connectivity index (χ1v) is 11.7. The molecule has 1 saturated heterocycles. The number of rotatable bonds is 5. The summed E-state index contributed by atoms with van der Waals surface area (Å²) >= 11 is 6.07. The highest BCUT2D eigenvalue weighted by Crippen LogP contribution is 2.33. The van der Waals surface area contributed by atoms with Crippen molar-refractivity contribution >= 4 is 35.0 Å². The molecule has 0 spiro atoms. The van der Waals surface area contributed by atoms with Gasteiger partial charge in [-0.15, -0.1) is 0 Å². The second kappa shape index (κ2) is 9.46. The number of nitrogens with zero attached hydrogens (tertiary/aromatic N) is 4. The van der Waals surface area contributed by atoms with E-state index in [1.807, 2.05) is 17.0 Å². The largest absolute Gasteiger partial charge is 0.367 e. The normalized spacial score (nSPS) is 15.5. The number of hydrogen-bond acceptors (Lipinski definition) is 5. The molecule has 2 aliphatic rings. The first-order valence-electron chi connectivity index (χ1n) is 11.3. The second-order valence-electron chi connectivity index (χ2n) is 8.50. The lowest BCUT2D eigenvalue weighted by Crippen LogP contribution is -2.49. The van der Waals surface area contributed by atoms with E-state index in [0.29, 0.717) is 54.3 Å². The molecular weight excluding hydrogens is 471 g/mol. The summed E-state index contributed by atoms with van der Waals surface area (Å²) in [6.45, 7) is 2.06. The molecule has 1 fully saturated rings. The van der Waals surface area contributed by atoms with Crippen LogP contribution in [0.4, 0.5) is 10.1 Å². The average Bonchev–Trinajstić information content (AvgIpc) is 3.11. The van der Waals surface area contributed by atoms with Gasteiger partial charge in [0.1, 0.15) is 5.82 Å². The van der Waals surface area contributed by atoms with Crippen molar-refractivity contribution in [1.82, 2.24) is 14.8 Å². The molecule has 9 heteroatoms. The number of anilines is 1. The highest BCUT2D eigenvalue weighted by Gasteiger charge is 2.39. The summed E-state index contributed by atoms with van der Waals surface area (Å²) < 4.78 is 13.3. The van der Waals surface area contributed by atoms with E-state index in [-0.39, 0.29) is 35.7 Å². The van der Waals surface area contributed by atoms with Crippen molar-refractivity contribution < 1.29 is 18.8 Å². The zero-order valence-corrected chi connectivity index (χ0v) is 19.5. The highest BCUT2D eigenvalue weighted by atomic mass is 35.5. The summed E-state index contributed by atoms with van der Waals surface area (Å²) in [5, 5.41) is 0.232. The molecule has 3 heterocycles. The summed E-state index contributed by atoms with van der Waals surface area (Å²) in [4.78, 5) is 48.2. The minimum absolute atomic E-state index is 0.0926. The van der Waals surface area contributed by atoms with Crippen molar-refractivity contribution in [3.05, 3.63) is 94.0 Å². The molecule has 0 radical (unpaired) electrons. The summed E-state index contributed by atoms with van der Waals surface area (Å²) in [6.07, 6.45) is 1.72. The van der Waals surface area contributed by atoms with Gasteiger partial charge in [0.25, 0.3) is 11.8 Å². The van der Waals surface area contributed by atoms with Crippen molar-refractivity contribution in [2.75, 3.05) is 31.1 Å². The average molecular weight is 493 g/mol. The number of halogens is 2. The van der Waals surface area contributed by atoms with E-state index in [1.54, 1.807) is 35.4 Å². The topological polar surface area (TPSA) is 73.8 Å². The Bertz CT molecular complexity index is 1310. The van der Waals surface area contributed by atoms with Crippen LogP contribution in [0.1, 0.15) is 32.0 Å². The van der Waals surface area contributed by atoms with E-state index in [4.69, 9.17) is 11.6 Å². The lowest BCUT2D eigenvalue weighted by Gasteiger charge is -2.36. The Balaban J connectivity index is 1.28. The van der Waals surface area contributed by atoms with E-state index in [1.165, 1.54) is 23.1 Å². The Labute approximate surface area is 206 Å². The highest BCUT2D eigenvalue weighted by molar-refractivity contribution is 6.31. The Morgan fingerprint density at radius 1 is 0.971 bits per heavy atom. The molecule has 0 aliphatic carbocycles. The number of amides is 3. The van der Waals surface area contributed by atoms with Crippen molar-refractivity contribution in [2.24, 2.45) is 0 Å². The van der Waals surface area contributed by atoms with Gasteiger partial charge in [-0.05, 0) is 42.0 Å². The summed E-state index contributed by atoms with van der Waals surface area (Å²) in [5.41, 5.74) is 2.69. The van der Waals surface area contributed by atoms with Crippen molar-refractivity contribution in [3.8, 4) is 0 Å². The lowest BCUT2D eigenvalue weighted by atomic mass is 10.1. The van der Waals surface area contributed by atoms with Crippen molar-refractivity contribution in [1.29, 1.82) is 0 Å². The van der Waals surface area contributed by atoms with Crippen LogP contribution in [0.2, 0.25) is 5.02 Å². The zero-order valence-electron chi connectivity index (χ0n) is 18.8. The smallest absolute Gasteiger partial charge is 0.264 e. The predicted molar refractivity (Wildman–Crippen MR) is 129 cm³/mol. The molecule has 5 rings (SSSR count). The molecule has 0 saturated carbocycles. The Morgan fingerprint density at radius 2 is 1.77 bits per heavy atom. The maximum Gasteiger partial charge on any atom is 0.264 e. The van der Waals surface area contributed by atoms with Crippen LogP contribution in [0.15, 0.2) is 60.8 Å². The molecule has 3 amide bonds. The molecule has 35 heavy (non-hydrogen) atoms. The first-order chi connectivity index (χ1) is 16.9. The van der Waals surface area contributed by atoms with E-state index < -0.39 is 5.82 Å². The first kappa shape index (κ1) is 23.0. The predicted octanol–water partition coefficient (Wildman–Crippen LogP) is 3.56. The molecule has 2 aromatic carbocycles. The number of hydrogen-bond donors (Lipinski definition) is 0. The molecule has 0 N–H and O–H groups in total. The molecule has 0 unspecified atom stereocenters. The molecule has 1 aromatic heterocycles. The lowest BCUT2D eigenvalue weighted by molar-refractivity contribution is -0.130. The number of imide groups is 1. The van der Waals surface area contributed by atoms with Gasteiger partial charge in [-0.3, -0.25) is 24.3 Å². The van der Waals surface area contributed by atoms with Gasteiger partial charge in [0.2, 0.25) is 5.91 Å². The Hall–Kier alpha value is -3.78. The van der Waals surface area contributed by atoms with E-state index in [2.05, 4.69) is 4.98 Å². The second-order valence-corrected chi connectivity index (χ2v) is 8.90. The fourth-order valence-electron chi connectivity index (χ4n) is 4.51. The van der Waals surface area contributed by atoms with Crippen LogP contribution >= 0.6 is 11.6 Å². The Kier molecular flexibility index (Phi) is 6.21. The number of piperazine rings is 1. The van der Waals surface area contributed by atoms with Crippen LogP contribution in [0.25, 0.3) is 0 Å². The van der Waals surface area contributed by atoms with Gasteiger partial charge in [-0.1, -0.05) is 29.8 Å². The molecule has 2 aliphatic heterocycles. The minimum Gasteiger partial charge on any atom is -0.367 e. The van der Waals surface area contributed by atoms with Gasteiger partial charge in [-0.25, -0.2) is 4.39 Å². The number of fused-ring (bicyclic) bond motifs is 1. The zero-order chi connectivity index (χ0) is 24.5. The van der Waals surface area contributed by atoms with Crippen LogP contribution < -0.4 is 4.90 Å². The molecule has 7 nitrogen and oxygen atoms in total. The van der Waals surface area contributed by atoms with Gasteiger partial charge in [0, 0.05) is 37.4 Å². The van der Waals surface area contributed by atoms with Crippen LogP contribution in [-0.2, 0) is 17.8 Å². The molecule has 0 atom stereocenters. The van der Waals surface area contributed by atoms with Crippen LogP contribution in [-0.4, -0.2) is 58.7 Å². The third-order valence-corrected chi connectivity index (χ3v) is 6.71. The maximum atomic E-state index is 13.3. The quantitative estimate of drug-likeness (QED) is 0.509. The molecule has 3 aromatic rings. The SMILES string of the molecule is O=C(Cc1ccc(F)cc1Cl)N1CCN(c2cccc3c2C(=O)N(Cc2ccccn2)C3=O)CC1. The van der Waals surface area contributed by atoms with Crippen molar-refractivity contribution in [2.45, 2.75) is 13.0 Å². The monoisotopic (exact) mass is 492 g/mol. The maximum absolute atomic E-state index is 13.3. The van der Waals surface area contributed by atoms with E-state index >= 15 is 0 Å². The fourth-order valence-corrected chi connectivity index (χ4v) is 4.75. The van der Waals surface area contributed by atoms with Gasteiger partial charge in [-0.2, -0.15) is 0 Å². The van der Waals surface area contributed by atoms with Crippen molar-refractivity contribution in [3.63, 3.8) is 0 Å². The number of aromatic nitrogens is 1. The summed E-state index contributed by atoms with van der Waals surface area (Å²) in [7, 11) is 0. The number of benzene rings is 2. The minimum atomic E-state index is -0.443. The summed E-state index contributed by atoms with van der Waals surface area (Å²) in [6, 6.07) is 14.7. The standard InChI is InChI=1S/C26H22ClFN4O3/c27-21-15-18(28)8-7-17(21)14-23(33)31-12-10-30(11-13-31)22-6-3-5-20-24(22)26(35)32(25(20)34)16-19-4-1-2-9-29-19/h1-9,15H,10-14,16H2. The number of carbonyl (C=O) groups is 3. The molecular formula is C26H22ClFN4O3. The van der Waals surface area contributed by atoms with Crippen LogP contribution in [0.3, 0.4) is 0 Å². The third-order valence-electron chi connectivity index (χ3n) is 6.35. The number of pyridine rings is 1. The van der Waals surface area contributed by atoms with Gasteiger partial charge in [0.05, 0.1) is 35.5 Å². The Morgan fingerprint density at radius 3 is 2.49 bits per heavy atom. The van der Waals surface area contributed by atoms with Gasteiger partial charge in [0.15, 0.2) is 0 Å². The van der Waals surface area contributed by atoms with E-state index in [0.717, 1.165) is 0 Å². The van der Waals surface area contributed by atoms with Crippen LogP contribution in [0, 0.1) is 5.82 Å². The molecule has 0 bridgehead atoms. The van der Waals surface area contributed by atoms with Gasteiger partial charge >= 0.3 is 0 Å².